The molecule has 0 aliphatic rings. The third kappa shape index (κ3) is 3.55. The number of nitrogens with one attached hydrogen (secondary N) is 2. The number of nitro benzene ring substituents is 1. The maximum atomic E-state index is 11.7. The van der Waals surface area contributed by atoms with E-state index in [4.69, 9.17) is 0 Å². The number of carbonyl (C=O) groups excluding carboxylic acids is 1. The number of rotatable bonds is 4. The zero-order chi connectivity index (χ0) is 14.5. The fourth-order valence-corrected chi connectivity index (χ4v) is 2.28. The molecular weight excluding hydrogens is 278 g/mol. The van der Waals surface area contributed by atoms with E-state index in [9.17, 15) is 14.9 Å². The van der Waals surface area contributed by atoms with Gasteiger partial charge in [-0.1, -0.05) is 12.1 Å². The Hall–Kier alpha value is -2.41. The van der Waals surface area contributed by atoms with Gasteiger partial charge in [-0.2, -0.15) is 0 Å². The van der Waals surface area contributed by atoms with Crippen LogP contribution in [0.5, 0.6) is 0 Å². The fourth-order valence-electron chi connectivity index (χ4n) is 1.64. The monoisotopic (exact) mass is 291 g/mol. The molecule has 0 saturated carbocycles. The summed E-state index contributed by atoms with van der Waals surface area (Å²) < 4.78 is 0. The summed E-state index contributed by atoms with van der Waals surface area (Å²) in [5.41, 5.74) is 0.937. The van der Waals surface area contributed by atoms with Crippen molar-refractivity contribution in [3.8, 4) is 0 Å². The lowest BCUT2D eigenvalue weighted by atomic mass is 10.2. The van der Waals surface area contributed by atoms with Crippen molar-refractivity contribution in [1.29, 1.82) is 0 Å². The van der Waals surface area contributed by atoms with E-state index < -0.39 is 11.0 Å². The highest BCUT2D eigenvalue weighted by atomic mass is 32.1. The lowest BCUT2D eigenvalue weighted by Gasteiger charge is -2.07. The van der Waals surface area contributed by atoms with Crippen molar-refractivity contribution < 1.29 is 9.72 Å². The molecule has 0 saturated heterocycles. The summed E-state index contributed by atoms with van der Waals surface area (Å²) in [4.78, 5) is 23.1. The van der Waals surface area contributed by atoms with Crippen molar-refractivity contribution >= 4 is 28.7 Å². The van der Waals surface area contributed by atoms with Crippen LogP contribution in [0.1, 0.15) is 10.4 Å². The summed E-state index contributed by atoms with van der Waals surface area (Å²) in [6.45, 7) is 2.08. The van der Waals surface area contributed by atoms with Gasteiger partial charge in [-0.25, -0.2) is 4.79 Å². The fraction of sp³-hybridized carbons (Fsp3) is 0.154. The number of thiophene rings is 1. The number of urea groups is 1. The van der Waals surface area contributed by atoms with Crippen LogP contribution in [0.25, 0.3) is 0 Å². The van der Waals surface area contributed by atoms with Gasteiger partial charge < -0.3 is 10.6 Å². The molecule has 6 nitrogen and oxygen atoms in total. The van der Waals surface area contributed by atoms with Crippen LogP contribution in [0.3, 0.4) is 0 Å². The van der Waals surface area contributed by atoms with Gasteiger partial charge in [0.15, 0.2) is 0 Å². The van der Waals surface area contributed by atoms with E-state index in [1.807, 2.05) is 17.5 Å². The van der Waals surface area contributed by atoms with Crippen LogP contribution in [0.4, 0.5) is 16.2 Å². The summed E-state index contributed by atoms with van der Waals surface area (Å²) in [6.07, 6.45) is 0. The maximum Gasteiger partial charge on any atom is 0.319 e. The minimum absolute atomic E-state index is 0.0129. The molecule has 0 radical (unpaired) electrons. The Balaban J connectivity index is 1.97. The highest BCUT2D eigenvalue weighted by molar-refractivity contribution is 7.09. The first-order valence-electron chi connectivity index (χ1n) is 5.88. The highest BCUT2D eigenvalue weighted by Crippen LogP contribution is 2.22. The number of amides is 2. The molecule has 1 aromatic heterocycles. The van der Waals surface area contributed by atoms with Crippen LogP contribution >= 0.6 is 11.3 Å². The Morgan fingerprint density at radius 1 is 1.40 bits per heavy atom. The molecule has 0 unspecified atom stereocenters. The van der Waals surface area contributed by atoms with Crippen LogP contribution in [-0.4, -0.2) is 11.0 Å². The van der Waals surface area contributed by atoms with Gasteiger partial charge in [-0.15, -0.1) is 11.3 Å². The van der Waals surface area contributed by atoms with Gasteiger partial charge >= 0.3 is 6.03 Å². The van der Waals surface area contributed by atoms with E-state index in [1.165, 1.54) is 6.07 Å². The number of aryl methyl sites for hydroxylation is 1. The zero-order valence-corrected chi connectivity index (χ0v) is 11.6. The topological polar surface area (TPSA) is 84.3 Å². The van der Waals surface area contributed by atoms with Crippen molar-refractivity contribution in [2.45, 2.75) is 13.5 Å². The Bertz CT molecular complexity index is 626. The third-order valence-electron chi connectivity index (χ3n) is 2.67. The van der Waals surface area contributed by atoms with Gasteiger partial charge in [0.1, 0.15) is 0 Å². The molecule has 20 heavy (non-hydrogen) atoms. The molecule has 0 bridgehead atoms. The van der Waals surface area contributed by atoms with Crippen molar-refractivity contribution in [3.63, 3.8) is 0 Å². The summed E-state index contributed by atoms with van der Waals surface area (Å²) in [5, 5.41) is 18.0. The molecule has 0 aliphatic carbocycles. The number of carbonyl (C=O) groups is 1. The molecule has 0 fully saturated rings. The molecule has 1 aromatic carbocycles. The van der Waals surface area contributed by atoms with Gasteiger partial charge in [-0.3, -0.25) is 10.1 Å². The summed E-state index contributed by atoms with van der Waals surface area (Å²) >= 11 is 1.55. The largest absolute Gasteiger partial charge is 0.333 e. The van der Waals surface area contributed by atoms with Crippen molar-refractivity contribution in [1.82, 2.24) is 5.32 Å². The van der Waals surface area contributed by atoms with Gasteiger partial charge in [-0.05, 0) is 24.4 Å². The lowest BCUT2D eigenvalue weighted by Crippen LogP contribution is -2.27. The average molecular weight is 291 g/mol. The van der Waals surface area contributed by atoms with Crippen LogP contribution in [0, 0.1) is 17.0 Å². The van der Waals surface area contributed by atoms with Crippen molar-refractivity contribution in [2.24, 2.45) is 0 Å². The van der Waals surface area contributed by atoms with Crippen LogP contribution in [0.2, 0.25) is 0 Å². The lowest BCUT2D eigenvalue weighted by molar-refractivity contribution is -0.385. The molecule has 0 aliphatic heterocycles. The summed E-state index contributed by atoms with van der Waals surface area (Å²) in [5.74, 6) is 0. The standard InChI is InChI=1S/C13H13N3O3S/c1-9-4-5-10(7-12(9)16(18)19)15-13(17)14-8-11-3-2-6-20-11/h2-7H,8H2,1H3,(H2,14,15,17). The quantitative estimate of drug-likeness (QED) is 0.669. The van der Waals surface area contributed by atoms with Crippen molar-refractivity contribution in [3.05, 3.63) is 56.3 Å². The number of nitrogens with zero attached hydrogens (tertiary/aromatic N) is 1. The van der Waals surface area contributed by atoms with E-state index in [0.717, 1.165) is 4.88 Å². The molecule has 0 atom stereocenters. The Labute approximate surface area is 119 Å². The number of hydrogen-bond donors (Lipinski definition) is 2. The molecule has 7 heteroatoms. The summed E-state index contributed by atoms with van der Waals surface area (Å²) in [6, 6.07) is 8.02. The minimum atomic E-state index is -0.468. The molecule has 0 spiro atoms. The predicted octanol–water partition coefficient (Wildman–Crippen LogP) is 3.29. The van der Waals surface area contributed by atoms with Gasteiger partial charge in [0.2, 0.25) is 0 Å². The zero-order valence-electron chi connectivity index (χ0n) is 10.8. The van der Waals surface area contributed by atoms with Gasteiger partial charge in [0.25, 0.3) is 5.69 Å². The summed E-state index contributed by atoms with van der Waals surface area (Å²) in [7, 11) is 0. The molecule has 2 rings (SSSR count). The Kier molecular flexibility index (Phi) is 4.31. The SMILES string of the molecule is Cc1ccc(NC(=O)NCc2cccs2)cc1[N+](=O)[O-]. The second kappa shape index (κ2) is 6.16. The van der Waals surface area contributed by atoms with E-state index in [2.05, 4.69) is 10.6 Å². The van der Waals surface area contributed by atoms with Crippen LogP contribution in [-0.2, 0) is 6.54 Å². The molecule has 1 heterocycles. The second-order valence-electron chi connectivity index (χ2n) is 4.15. The van der Waals surface area contributed by atoms with Crippen molar-refractivity contribution in [2.75, 3.05) is 5.32 Å². The number of benzene rings is 1. The number of nitro groups is 1. The smallest absolute Gasteiger partial charge is 0.319 e. The normalized spacial score (nSPS) is 10.1. The molecule has 2 amide bonds. The Morgan fingerprint density at radius 2 is 2.20 bits per heavy atom. The third-order valence-corrected chi connectivity index (χ3v) is 3.54. The maximum absolute atomic E-state index is 11.7. The first-order valence-corrected chi connectivity index (χ1v) is 6.76. The van der Waals surface area contributed by atoms with E-state index in [1.54, 1.807) is 30.4 Å². The van der Waals surface area contributed by atoms with E-state index in [-0.39, 0.29) is 5.69 Å². The first-order chi connectivity index (χ1) is 9.56. The molecule has 104 valence electrons. The minimum Gasteiger partial charge on any atom is -0.333 e. The van der Waals surface area contributed by atoms with Gasteiger partial charge in [0, 0.05) is 22.2 Å². The predicted molar refractivity (Wildman–Crippen MR) is 78.0 cm³/mol. The number of anilines is 1. The number of hydrogen-bond acceptors (Lipinski definition) is 4. The molecular formula is C13H13N3O3S. The van der Waals surface area contributed by atoms with Crippen LogP contribution in [0.15, 0.2) is 35.7 Å². The van der Waals surface area contributed by atoms with Gasteiger partial charge in [0.05, 0.1) is 11.5 Å². The molecule has 2 N–H and O–H groups in total. The highest BCUT2D eigenvalue weighted by Gasteiger charge is 2.12. The molecule has 2 aromatic rings. The van der Waals surface area contributed by atoms with E-state index in [0.29, 0.717) is 17.8 Å². The average Bonchev–Trinajstić information content (AvgIpc) is 2.91. The van der Waals surface area contributed by atoms with Crippen LogP contribution < -0.4 is 10.6 Å². The Morgan fingerprint density at radius 3 is 2.85 bits per heavy atom. The first kappa shape index (κ1) is 14.0. The van der Waals surface area contributed by atoms with E-state index >= 15 is 0 Å². The second-order valence-corrected chi connectivity index (χ2v) is 5.18.